The quantitative estimate of drug-likeness (QED) is 0.225. The van der Waals surface area contributed by atoms with E-state index in [4.69, 9.17) is 10.9 Å². The molecule has 98 valence electrons. The summed E-state index contributed by atoms with van der Waals surface area (Å²) in [6.07, 6.45) is 3.60. The molecule has 0 aromatic carbocycles. The molecule has 0 spiro atoms. The summed E-state index contributed by atoms with van der Waals surface area (Å²) in [7, 11) is 0. The first kappa shape index (κ1) is 13.6. The summed E-state index contributed by atoms with van der Waals surface area (Å²) in [5, 5.41) is 14.5. The van der Waals surface area contributed by atoms with Gasteiger partial charge in [-0.3, -0.25) is 0 Å². The van der Waals surface area contributed by atoms with Gasteiger partial charge in [-0.2, -0.15) is 0 Å². The first-order valence-electron chi connectivity index (χ1n) is 6.19. The molecule has 6 nitrogen and oxygen atoms in total. The number of hydrogen-bond donors (Lipinski definition) is 3. The minimum absolute atomic E-state index is 0.00333. The fraction of sp³-hybridized carbons (Fsp3) is 0.818. The summed E-state index contributed by atoms with van der Waals surface area (Å²) in [5.74, 6) is 0.371. The van der Waals surface area contributed by atoms with Gasteiger partial charge in [0, 0.05) is 25.6 Å². The molecule has 2 amide bonds. The fourth-order valence-electron chi connectivity index (χ4n) is 1.94. The number of piperidine rings is 1. The van der Waals surface area contributed by atoms with Gasteiger partial charge in [0.25, 0.3) is 0 Å². The third-order valence-corrected chi connectivity index (χ3v) is 3.12. The van der Waals surface area contributed by atoms with Crippen LogP contribution < -0.4 is 11.1 Å². The van der Waals surface area contributed by atoms with Gasteiger partial charge in [0.1, 0.15) is 5.84 Å². The van der Waals surface area contributed by atoms with Crippen molar-refractivity contribution in [3.63, 3.8) is 0 Å². The Bertz CT molecular complexity index is 273. The number of rotatable bonds is 4. The predicted octanol–water partition coefficient (Wildman–Crippen LogP) is 0.954. The third kappa shape index (κ3) is 4.13. The second kappa shape index (κ2) is 6.98. The number of carbonyl (C=O) groups excluding carboxylic acids is 1. The van der Waals surface area contributed by atoms with E-state index in [1.54, 1.807) is 4.90 Å². The summed E-state index contributed by atoms with van der Waals surface area (Å²) < 4.78 is 0. The number of unbranched alkanes of at least 4 members (excludes halogenated alkanes) is 1. The van der Waals surface area contributed by atoms with Gasteiger partial charge in [-0.05, 0) is 19.3 Å². The monoisotopic (exact) mass is 242 g/mol. The lowest BCUT2D eigenvalue weighted by Crippen LogP contribution is -2.46. The molecule has 6 heteroatoms. The summed E-state index contributed by atoms with van der Waals surface area (Å²) in [6.45, 7) is 4.15. The Kier molecular flexibility index (Phi) is 5.59. The lowest BCUT2D eigenvalue weighted by atomic mass is 9.96. The average molecular weight is 242 g/mol. The normalized spacial score (nSPS) is 18.2. The van der Waals surface area contributed by atoms with E-state index in [1.165, 1.54) is 0 Å². The molecular weight excluding hydrogens is 220 g/mol. The second-order valence-corrected chi connectivity index (χ2v) is 4.37. The standard InChI is InChI=1S/C11H22N4O2/c1-2-3-6-13-11(16)15-7-4-9(5-8-15)10(12)14-17/h9,17H,2-8H2,1H3,(H2,12,14)(H,13,16). The smallest absolute Gasteiger partial charge is 0.317 e. The summed E-state index contributed by atoms with van der Waals surface area (Å²) in [6, 6.07) is -0.00333. The summed E-state index contributed by atoms with van der Waals surface area (Å²) in [5.41, 5.74) is 5.55. The van der Waals surface area contributed by atoms with Gasteiger partial charge >= 0.3 is 6.03 Å². The average Bonchev–Trinajstić information content (AvgIpc) is 2.38. The second-order valence-electron chi connectivity index (χ2n) is 4.37. The molecule has 4 N–H and O–H groups in total. The molecule has 1 fully saturated rings. The van der Waals surface area contributed by atoms with Crippen molar-refractivity contribution in [2.75, 3.05) is 19.6 Å². The maximum atomic E-state index is 11.7. The van der Waals surface area contributed by atoms with Gasteiger partial charge in [0.2, 0.25) is 0 Å². The molecular formula is C11H22N4O2. The largest absolute Gasteiger partial charge is 0.409 e. The molecule has 0 unspecified atom stereocenters. The van der Waals surface area contributed by atoms with Gasteiger partial charge in [0.05, 0.1) is 0 Å². The molecule has 1 aliphatic rings. The van der Waals surface area contributed by atoms with Gasteiger partial charge in [-0.1, -0.05) is 18.5 Å². The Morgan fingerprint density at radius 3 is 2.71 bits per heavy atom. The number of likely N-dealkylation sites (tertiary alicyclic amines) is 1. The first-order chi connectivity index (χ1) is 8.19. The Hall–Kier alpha value is -1.46. The van der Waals surface area contributed by atoms with Crippen LogP contribution in [0.15, 0.2) is 5.16 Å². The van der Waals surface area contributed by atoms with E-state index in [1.807, 2.05) is 0 Å². The van der Waals surface area contributed by atoms with E-state index < -0.39 is 0 Å². The van der Waals surface area contributed by atoms with Gasteiger partial charge < -0.3 is 21.2 Å². The van der Waals surface area contributed by atoms with E-state index in [2.05, 4.69) is 17.4 Å². The number of carbonyl (C=O) groups is 1. The lowest BCUT2D eigenvalue weighted by molar-refractivity contribution is 0.179. The zero-order chi connectivity index (χ0) is 12.7. The molecule has 1 rings (SSSR count). The minimum atomic E-state index is -0.00333. The van der Waals surface area contributed by atoms with E-state index in [9.17, 15) is 4.79 Å². The van der Waals surface area contributed by atoms with Gasteiger partial charge in [-0.15, -0.1) is 0 Å². The van der Waals surface area contributed by atoms with Crippen LogP contribution in [0.1, 0.15) is 32.6 Å². The summed E-state index contributed by atoms with van der Waals surface area (Å²) >= 11 is 0. The fourth-order valence-corrected chi connectivity index (χ4v) is 1.94. The van der Waals surface area contributed by atoms with Crippen molar-refractivity contribution >= 4 is 11.9 Å². The number of nitrogens with zero attached hydrogens (tertiary/aromatic N) is 2. The Labute approximate surface area is 102 Å². The van der Waals surface area contributed by atoms with E-state index in [0.29, 0.717) is 13.1 Å². The number of amides is 2. The molecule has 1 saturated heterocycles. The summed E-state index contributed by atoms with van der Waals surface area (Å²) in [4.78, 5) is 13.5. The van der Waals surface area contributed by atoms with Crippen LogP contribution in [-0.4, -0.2) is 41.6 Å². The van der Waals surface area contributed by atoms with Crippen LogP contribution in [0.3, 0.4) is 0 Å². The Balaban J connectivity index is 2.29. The van der Waals surface area contributed by atoms with Gasteiger partial charge in [0.15, 0.2) is 0 Å². The molecule has 1 aliphatic heterocycles. The molecule has 0 atom stereocenters. The van der Waals surface area contributed by atoms with Gasteiger partial charge in [-0.25, -0.2) is 4.79 Å². The van der Waals surface area contributed by atoms with Crippen LogP contribution in [0.25, 0.3) is 0 Å². The number of hydrogen-bond acceptors (Lipinski definition) is 3. The van der Waals surface area contributed by atoms with Crippen molar-refractivity contribution in [3.8, 4) is 0 Å². The number of amidine groups is 1. The highest BCUT2D eigenvalue weighted by atomic mass is 16.4. The van der Waals surface area contributed by atoms with Crippen molar-refractivity contribution in [2.24, 2.45) is 16.8 Å². The number of nitrogens with one attached hydrogen (secondary N) is 1. The molecule has 0 aliphatic carbocycles. The maximum absolute atomic E-state index is 11.7. The van der Waals surface area contributed by atoms with Crippen molar-refractivity contribution in [1.29, 1.82) is 0 Å². The number of nitrogens with two attached hydrogens (primary N) is 1. The molecule has 0 aromatic rings. The van der Waals surface area contributed by atoms with E-state index >= 15 is 0 Å². The third-order valence-electron chi connectivity index (χ3n) is 3.12. The van der Waals surface area contributed by atoms with Crippen molar-refractivity contribution in [1.82, 2.24) is 10.2 Å². The molecule has 17 heavy (non-hydrogen) atoms. The molecule has 0 radical (unpaired) electrons. The minimum Gasteiger partial charge on any atom is -0.409 e. The number of urea groups is 1. The van der Waals surface area contributed by atoms with Crippen LogP contribution in [0.5, 0.6) is 0 Å². The van der Waals surface area contributed by atoms with Crippen molar-refractivity contribution < 1.29 is 10.0 Å². The molecule has 0 saturated carbocycles. The van der Waals surface area contributed by atoms with Crippen LogP contribution in [0.2, 0.25) is 0 Å². The highest BCUT2D eigenvalue weighted by Gasteiger charge is 2.24. The zero-order valence-corrected chi connectivity index (χ0v) is 10.4. The molecule has 1 heterocycles. The Morgan fingerprint density at radius 2 is 2.18 bits per heavy atom. The maximum Gasteiger partial charge on any atom is 0.317 e. The van der Waals surface area contributed by atoms with Crippen LogP contribution in [0, 0.1) is 5.92 Å². The topological polar surface area (TPSA) is 91.0 Å². The highest BCUT2D eigenvalue weighted by Crippen LogP contribution is 2.17. The van der Waals surface area contributed by atoms with Crippen molar-refractivity contribution in [3.05, 3.63) is 0 Å². The first-order valence-corrected chi connectivity index (χ1v) is 6.19. The molecule has 0 aromatic heterocycles. The lowest BCUT2D eigenvalue weighted by Gasteiger charge is -2.31. The van der Waals surface area contributed by atoms with Crippen LogP contribution in [0.4, 0.5) is 4.79 Å². The van der Waals surface area contributed by atoms with Crippen molar-refractivity contribution in [2.45, 2.75) is 32.6 Å². The highest BCUT2D eigenvalue weighted by molar-refractivity contribution is 5.82. The predicted molar refractivity (Wildman–Crippen MR) is 66.0 cm³/mol. The molecule has 0 bridgehead atoms. The Morgan fingerprint density at radius 1 is 1.53 bits per heavy atom. The van der Waals surface area contributed by atoms with Crippen LogP contribution >= 0.6 is 0 Å². The van der Waals surface area contributed by atoms with Crippen LogP contribution in [-0.2, 0) is 0 Å². The SMILES string of the molecule is CCCCNC(=O)N1CCC(C(N)=NO)CC1. The van der Waals surface area contributed by atoms with E-state index in [-0.39, 0.29) is 17.8 Å². The number of oxime groups is 1. The van der Waals surface area contributed by atoms with E-state index in [0.717, 1.165) is 32.2 Å². The zero-order valence-electron chi connectivity index (χ0n) is 10.4.